The van der Waals surface area contributed by atoms with Crippen LogP contribution in [0.15, 0.2) is 53.6 Å². The summed E-state index contributed by atoms with van der Waals surface area (Å²) >= 11 is 1.23. The Hall–Kier alpha value is -3.17. The number of pyridine rings is 1. The van der Waals surface area contributed by atoms with Gasteiger partial charge in [0.2, 0.25) is 5.91 Å². The number of benzene rings is 2. The van der Waals surface area contributed by atoms with Crippen molar-refractivity contribution >= 4 is 40.0 Å². The Labute approximate surface area is 174 Å². The molecular weight excluding hydrogens is 382 g/mol. The fourth-order valence-corrected chi connectivity index (χ4v) is 3.61. The van der Waals surface area contributed by atoms with Crippen LogP contribution in [0.2, 0.25) is 0 Å². The van der Waals surface area contributed by atoms with E-state index in [1.165, 1.54) is 24.2 Å². The molecule has 0 bridgehead atoms. The summed E-state index contributed by atoms with van der Waals surface area (Å²) in [6.45, 7) is 5.74. The Morgan fingerprint density at radius 3 is 2.48 bits per heavy atom. The van der Waals surface area contributed by atoms with Crippen molar-refractivity contribution in [2.45, 2.75) is 31.7 Å². The first kappa shape index (κ1) is 20.6. The van der Waals surface area contributed by atoms with E-state index in [4.69, 9.17) is 0 Å². The summed E-state index contributed by atoms with van der Waals surface area (Å²) in [6, 6.07) is 16.8. The van der Waals surface area contributed by atoms with Crippen molar-refractivity contribution in [2.75, 3.05) is 11.1 Å². The zero-order chi connectivity index (χ0) is 21.0. The topological polar surface area (TPSA) is 82.8 Å². The average Bonchev–Trinajstić information content (AvgIpc) is 2.71. The first-order valence-electron chi connectivity index (χ1n) is 9.26. The van der Waals surface area contributed by atoms with E-state index >= 15 is 0 Å². The molecule has 6 heteroatoms. The number of nitriles is 1. The molecule has 0 aliphatic carbocycles. The van der Waals surface area contributed by atoms with Crippen LogP contribution in [0, 0.1) is 11.3 Å². The lowest BCUT2D eigenvalue weighted by Crippen LogP contribution is -2.14. The van der Waals surface area contributed by atoms with Crippen molar-refractivity contribution < 1.29 is 9.59 Å². The molecule has 29 heavy (non-hydrogen) atoms. The zero-order valence-electron chi connectivity index (χ0n) is 16.5. The third kappa shape index (κ3) is 5.01. The molecular formula is C23H21N3O2S. The van der Waals surface area contributed by atoms with Gasteiger partial charge in [-0.2, -0.15) is 5.26 Å². The van der Waals surface area contributed by atoms with Gasteiger partial charge in [0.1, 0.15) is 11.1 Å². The quantitative estimate of drug-likeness (QED) is 0.454. The van der Waals surface area contributed by atoms with Gasteiger partial charge >= 0.3 is 0 Å². The highest BCUT2D eigenvalue weighted by atomic mass is 32.2. The molecule has 0 unspecified atom stereocenters. The summed E-state index contributed by atoms with van der Waals surface area (Å²) in [6.07, 6.45) is 0. The largest absolute Gasteiger partial charge is 0.325 e. The van der Waals surface area contributed by atoms with E-state index < -0.39 is 0 Å². The molecule has 0 aliphatic heterocycles. The van der Waals surface area contributed by atoms with Crippen molar-refractivity contribution in [1.82, 2.24) is 4.98 Å². The van der Waals surface area contributed by atoms with Crippen LogP contribution >= 0.6 is 11.8 Å². The number of anilines is 1. The summed E-state index contributed by atoms with van der Waals surface area (Å²) in [4.78, 5) is 28.2. The molecule has 3 aromatic rings. The smallest absolute Gasteiger partial charge is 0.234 e. The lowest BCUT2D eigenvalue weighted by molar-refractivity contribution is -0.113. The first-order chi connectivity index (χ1) is 13.9. The average molecular weight is 404 g/mol. The van der Waals surface area contributed by atoms with Crippen LogP contribution in [0.25, 0.3) is 10.9 Å². The second kappa shape index (κ2) is 8.89. The molecule has 0 radical (unpaired) electrons. The molecule has 0 aliphatic rings. The highest BCUT2D eigenvalue weighted by molar-refractivity contribution is 8.00. The van der Waals surface area contributed by atoms with Crippen LogP contribution in [0.3, 0.4) is 0 Å². The zero-order valence-corrected chi connectivity index (χ0v) is 17.3. The Balaban J connectivity index is 1.72. The lowest BCUT2D eigenvalue weighted by atomic mass is 10.0. The van der Waals surface area contributed by atoms with E-state index in [0.29, 0.717) is 27.8 Å². The molecule has 0 saturated carbocycles. The van der Waals surface area contributed by atoms with E-state index in [9.17, 15) is 14.9 Å². The highest BCUT2D eigenvalue weighted by Gasteiger charge is 2.12. The number of rotatable bonds is 6. The van der Waals surface area contributed by atoms with Gasteiger partial charge < -0.3 is 5.32 Å². The number of nitrogens with one attached hydrogen (secondary N) is 1. The maximum absolute atomic E-state index is 12.3. The van der Waals surface area contributed by atoms with Gasteiger partial charge in [-0.05, 0) is 60.9 Å². The lowest BCUT2D eigenvalue weighted by Gasteiger charge is -2.09. The number of hydrogen-bond acceptors (Lipinski definition) is 5. The number of ketones is 1. The highest BCUT2D eigenvalue weighted by Crippen LogP contribution is 2.27. The molecule has 1 N–H and O–H groups in total. The second-order valence-electron chi connectivity index (χ2n) is 7.03. The minimum Gasteiger partial charge on any atom is -0.325 e. The number of hydrogen-bond donors (Lipinski definition) is 1. The van der Waals surface area contributed by atoms with E-state index in [0.717, 1.165) is 10.9 Å². The molecule has 146 valence electrons. The number of carbonyl (C=O) groups excluding carboxylic acids is 2. The third-order valence-electron chi connectivity index (χ3n) is 4.51. The Kier molecular flexibility index (Phi) is 6.30. The summed E-state index contributed by atoms with van der Waals surface area (Å²) in [5.74, 6) is 0.301. The van der Waals surface area contributed by atoms with Crippen molar-refractivity contribution in [1.29, 1.82) is 5.26 Å². The van der Waals surface area contributed by atoms with Gasteiger partial charge in [-0.3, -0.25) is 9.59 Å². The van der Waals surface area contributed by atoms with Crippen LogP contribution in [0.5, 0.6) is 0 Å². The molecule has 0 saturated heterocycles. The Morgan fingerprint density at radius 1 is 1.14 bits per heavy atom. The number of aromatic nitrogens is 1. The Bertz CT molecular complexity index is 1120. The second-order valence-corrected chi connectivity index (χ2v) is 7.99. The van der Waals surface area contributed by atoms with Gasteiger partial charge in [0.15, 0.2) is 5.78 Å². The van der Waals surface area contributed by atoms with Gasteiger partial charge in [0.25, 0.3) is 0 Å². The van der Waals surface area contributed by atoms with Crippen LogP contribution in [0.4, 0.5) is 5.69 Å². The summed E-state index contributed by atoms with van der Waals surface area (Å²) < 4.78 is 0. The Morgan fingerprint density at radius 2 is 1.86 bits per heavy atom. The minimum absolute atomic E-state index is 0.0228. The molecule has 1 heterocycles. The fraction of sp³-hybridized carbons (Fsp3) is 0.217. The molecule has 5 nitrogen and oxygen atoms in total. The molecule has 0 spiro atoms. The standard InChI is InChI=1S/C23H21N3O2S/c1-14(2)17-6-9-21-18(10-17)11-19(12-24)23(26-21)29-13-22(28)25-20-7-4-16(5-8-20)15(3)27/h4-11,14H,13H2,1-3H3,(H,25,28). The van der Waals surface area contributed by atoms with Crippen molar-refractivity contribution in [3.63, 3.8) is 0 Å². The predicted molar refractivity (Wildman–Crippen MR) is 116 cm³/mol. The molecule has 1 aromatic heterocycles. The number of fused-ring (bicyclic) bond motifs is 1. The van der Waals surface area contributed by atoms with Crippen LogP contribution in [-0.4, -0.2) is 22.4 Å². The number of amides is 1. The summed E-state index contributed by atoms with van der Waals surface area (Å²) in [5, 5.41) is 13.8. The fourth-order valence-electron chi connectivity index (χ4n) is 2.85. The first-order valence-corrected chi connectivity index (χ1v) is 10.2. The minimum atomic E-state index is -0.202. The summed E-state index contributed by atoms with van der Waals surface area (Å²) in [7, 11) is 0. The SMILES string of the molecule is CC(=O)c1ccc(NC(=O)CSc2nc3ccc(C(C)C)cc3cc2C#N)cc1. The number of carbonyl (C=O) groups is 2. The van der Waals surface area contributed by atoms with Gasteiger partial charge in [-0.1, -0.05) is 31.7 Å². The number of nitrogens with zero attached hydrogens (tertiary/aromatic N) is 2. The van der Waals surface area contributed by atoms with Gasteiger partial charge in [0, 0.05) is 16.6 Å². The molecule has 0 atom stereocenters. The van der Waals surface area contributed by atoms with Gasteiger partial charge in [-0.25, -0.2) is 4.98 Å². The number of thioether (sulfide) groups is 1. The molecule has 0 fully saturated rings. The van der Waals surface area contributed by atoms with Crippen molar-refractivity contribution in [2.24, 2.45) is 0 Å². The van der Waals surface area contributed by atoms with Crippen LogP contribution in [-0.2, 0) is 4.79 Å². The maximum Gasteiger partial charge on any atom is 0.234 e. The van der Waals surface area contributed by atoms with E-state index in [2.05, 4.69) is 36.3 Å². The molecule has 1 amide bonds. The molecule has 3 rings (SSSR count). The predicted octanol–water partition coefficient (Wildman–Crippen LogP) is 5.16. The van der Waals surface area contributed by atoms with E-state index in [-0.39, 0.29) is 17.4 Å². The third-order valence-corrected chi connectivity index (χ3v) is 5.50. The monoisotopic (exact) mass is 403 g/mol. The summed E-state index contributed by atoms with van der Waals surface area (Å²) in [5.41, 5.74) is 3.67. The number of Topliss-reactive ketones (excluding diaryl/α,β-unsaturated/α-hetero) is 1. The van der Waals surface area contributed by atoms with Gasteiger partial charge in [0.05, 0.1) is 16.8 Å². The van der Waals surface area contributed by atoms with Crippen molar-refractivity contribution in [3.8, 4) is 6.07 Å². The maximum atomic E-state index is 12.3. The van der Waals surface area contributed by atoms with E-state index in [1.54, 1.807) is 24.3 Å². The van der Waals surface area contributed by atoms with Crippen LogP contribution < -0.4 is 5.32 Å². The van der Waals surface area contributed by atoms with Gasteiger partial charge in [-0.15, -0.1) is 0 Å². The van der Waals surface area contributed by atoms with Crippen LogP contribution in [0.1, 0.15) is 48.2 Å². The normalized spacial score (nSPS) is 10.7. The molecule has 2 aromatic carbocycles. The van der Waals surface area contributed by atoms with E-state index in [1.807, 2.05) is 18.2 Å². The van der Waals surface area contributed by atoms with Crippen molar-refractivity contribution in [3.05, 3.63) is 65.2 Å².